The number of carbonyl (C=O) groups excluding carboxylic acids is 3. The van der Waals surface area contributed by atoms with E-state index in [0.717, 1.165) is 128 Å². The summed E-state index contributed by atoms with van der Waals surface area (Å²) in [5, 5.41) is 0. The van der Waals surface area contributed by atoms with Gasteiger partial charge in [0.1, 0.15) is 13.2 Å². The zero-order valence-electron chi connectivity index (χ0n) is 47.9. The van der Waals surface area contributed by atoms with Crippen LogP contribution in [0, 0.1) is 0 Å². The van der Waals surface area contributed by atoms with Crippen molar-refractivity contribution in [1.29, 1.82) is 0 Å². The summed E-state index contributed by atoms with van der Waals surface area (Å²) in [5.41, 5.74) is 0. The molecule has 0 heterocycles. The van der Waals surface area contributed by atoms with E-state index >= 15 is 0 Å². The van der Waals surface area contributed by atoms with E-state index in [1.165, 1.54) is 122 Å². The molecule has 0 aromatic heterocycles. The van der Waals surface area contributed by atoms with Gasteiger partial charge in [-0.05, 0) is 128 Å². The molecule has 1 unspecified atom stereocenters. The van der Waals surface area contributed by atoms with Crippen LogP contribution < -0.4 is 0 Å². The highest BCUT2D eigenvalue weighted by atomic mass is 16.6. The molecule has 0 saturated carbocycles. The summed E-state index contributed by atoms with van der Waals surface area (Å²) < 4.78 is 16.9. The number of carbonyl (C=O) groups is 3. The zero-order chi connectivity index (χ0) is 52.9. The molecule has 0 aromatic rings. The predicted octanol–water partition coefficient (Wildman–Crippen LogP) is 20.9. The highest BCUT2D eigenvalue weighted by molar-refractivity contribution is 5.71. The summed E-state index contributed by atoms with van der Waals surface area (Å²) in [6, 6.07) is 0. The Bertz CT molecular complexity index is 1440. The highest BCUT2D eigenvalue weighted by Crippen LogP contribution is 2.14. The summed E-state index contributed by atoms with van der Waals surface area (Å²) >= 11 is 0. The van der Waals surface area contributed by atoms with Gasteiger partial charge in [0.2, 0.25) is 0 Å². The Balaban J connectivity index is 4.45. The van der Waals surface area contributed by atoms with Crippen molar-refractivity contribution in [2.75, 3.05) is 13.2 Å². The number of rotatable bonds is 55. The van der Waals surface area contributed by atoms with Gasteiger partial charge in [-0.25, -0.2) is 0 Å². The van der Waals surface area contributed by atoms with Crippen molar-refractivity contribution >= 4 is 17.9 Å². The Kier molecular flexibility index (Phi) is 57.8. The summed E-state index contributed by atoms with van der Waals surface area (Å²) in [6.45, 7) is 6.56. The molecule has 0 radical (unpaired) electrons. The van der Waals surface area contributed by atoms with Gasteiger partial charge >= 0.3 is 17.9 Å². The Morgan fingerprint density at radius 1 is 0.274 bits per heavy atom. The SMILES string of the molecule is CCCCC/C=C\C/C=C\C/C=C\CCCCCCCCC(=O)OC(COC(=O)CCCCCCC/C=C\C/C=C\CCCCC)COC(=O)CCCCCCCC/C=C\C/C=C\C/C=C\CCCCCCC. The number of esters is 3. The third-order valence-electron chi connectivity index (χ3n) is 13.0. The van der Waals surface area contributed by atoms with Crippen LogP contribution in [-0.4, -0.2) is 37.2 Å². The monoisotopic (exact) mass is 1010 g/mol. The second kappa shape index (κ2) is 60.9. The van der Waals surface area contributed by atoms with Gasteiger partial charge in [-0.15, -0.1) is 0 Å². The van der Waals surface area contributed by atoms with Crippen molar-refractivity contribution < 1.29 is 28.6 Å². The van der Waals surface area contributed by atoms with Crippen molar-refractivity contribution in [3.63, 3.8) is 0 Å². The first-order chi connectivity index (χ1) is 36.0. The Labute approximate surface area is 451 Å². The number of allylic oxidation sites excluding steroid dienone is 16. The molecule has 6 nitrogen and oxygen atoms in total. The van der Waals surface area contributed by atoms with Crippen molar-refractivity contribution in [3.8, 4) is 0 Å². The van der Waals surface area contributed by atoms with Crippen LogP contribution >= 0.6 is 0 Å². The minimum Gasteiger partial charge on any atom is -0.462 e. The molecule has 0 bridgehead atoms. The molecular weight excluding hydrogens is 901 g/mol. The van der Waals surface area contributed by atoms with Crippen LogP contribution in [-0.2, 0) is 28.6 Å². The van der Waals surface area contributed by atoms with Gasteiger partial charge < -0.3 is 14.2 Å². The zero-order valence-corrected chi connectivity index (χ0v) is 47.9. The van der Waals surface area contributed by atoms with E-state index in [1.807, 2.05) is 0 Å². The Morgan fingerprint density at radius 2 is 0.493 bits per heavy atom. The largest absolute Gasteiger partial charge is 0.462 e. The van der Waals surface area contributed by atoms with E-state index in [9.17, 15) is 14.4 Å². The number of hydrogen-bond donors (Lipinski definition) is 0. The quantitative estimate of drug-likeness (QED) is 0.0261. The topological polar surface area (TPSA) is 78.9 Å². The fraction of sp³-hybridized carbons (Fsp3) is 0.716. The Hall–Kier alpha value is -3.67. The van der Waals surface area contributed by atoms with E-state index in [-0.39, 0.29) is 31.1 Å². The molecule has 0 rings (SSSR count). The standard InChI is InChI=1S/C67H114O6/c1-4-7-10-13-16-19-22-25-28-30-32-33-35-36-39-42-45-48-51-54-57-60-66(69)72-63-64(62-71-65(68)59-56-53-50-47-44-41-38-27-24-21-18-15-12-9-6-3)73-67(70)61-58-55-52-49-46-43-40-37-34-31-29-26-23-20-17-14-11-8-5-2/h17-18,20-22,25-27,29-30,32,34-38,64H,4-16,19,23-24,28,31,33,39-63H2,1-3H3/b20-17-,21-18-,25-22-,29-26-,32-30-,36-35-,37-34-,38-27-. The molecule has 0 aliphatic rings. The molecule has 0 N–H and O–H groups in total. The van der Waals surface area contributed by atoms with Crippen LogP contribution in [0.1, 0.15) is 290 Å². The summed E-state index contributed by atoms with van der Waals surface area (Å²) in [6.07, 6.45) is 81.1. The van der Waals surface area contributed by atoms with E-state index in [4.69, 9.17) is 14.2 Å². The lowest BCUT2D eigenvalue weighted by Crippen LogP contribution is -2.30. The van der Waals surface area contributed by atoms with Gasteiger partial charge in [-0.3, -0.25) is 14.4 Å². The van der Waals surface area contributed by atoms with Gasteiger partial charge in [0.15, 0.2) is 6.10 Å². The smallest absolute Gasteiger partial charge is 0.306 e. The predicted molar refractivity (Wildman–Crippen MR) is 316 cm³/mol. The van der Waals surface area contributed by atoms with Crippen LogP contribution in [0.25, 0.3) is 0 Å². The maximum Gasteiger partial charge on any atom is 0.306 e. The number of hydrogen-bond acceptors (Lipinski definition) is 6. The normalized spacial score (nSPS) is 12.8. The third-order valence-corrected chi connectivity index (χ3v) is 13.0. The van der Waals surface area contributed by atoms with Gasteiger partial charge in [-0.2, -0.15) is 0 Å². The molecule has 73 heavy (non-hydrogen) atoms. The van der Waals surface area contributed by atoms with Crippen LogP contribution in [0.2, 0.25) is 0 Å². The van der Waals surface area contributed by atoms with Crippen molar-refractivity contribution in [1.82, 2.24) is 0 Å². The summed E-state index contributed by atoms with van der Waals surface area (Å²) in [5.74, 6) is -0.927. The lowest BCUT2D eigenvalue weighted by Gasteiger charge is -2.18. The molecule has 0 spiro atoms. The lowest BCUT2D eigenvalue weighted by atomic mass is 10.1. The molecule has 0 aliphatic carbocycles. The van der Waals surface area contributed by atoms with Gasteiger partial charge in [0, 0.05) is 19.3 Å². The molecule has 0 amide bonds. The van der Waals surface area contributed by atoms with E-state index in [0.29, 0.717) is 19.3 Å². The first kappa shape index (κ1) is 69.3. The third kappa shape index (κ3) is 59.1. The molecule has 1 atom stereocenters. The lowest BCUT2D eigenvalue weighted by molar-refractivity contribution is -0.167. The maximum atomic E-state index is 12.9. The van der Waals surface area contributed by atoms with E-state index in [1.54, 1.807) is 0 Å². The number of ether oxygens (including phenoxy) is 3. The fourth-order valence-corrected chi connectivity index (χ4v) is 8.37. The van der Waals surface area contributed by atoms with Gasteiger partial charge in [-0.1, -0.05) is 240 Å². The number of unbranched alkanes of at least 4 members (excludes halogenated alkanes) is 28. The second-order valence-corrected chi connectivity index (χ2v) is 20.2. The molecular formula is C67H114O6. The van der Waals surface area contributed by atoms with E-state index < -0.39 is 6.10 Å². The highest BCUT2D eigenvalue weighted by Gasteiger charge is 2.19. The molecule has 6 heteroatoms. The van der Waals surface area contributed by atoms with Crippen LogP contribution in [0.3, 0.4) is 0 Å². The average Bonchev–Trinajstić information content (AvgIpc) is 3.39. The summed E-state index contributed by atoms with van der Waals surface area (Å²) in [4.78, 5) is 38.3. The molecule has 0 saturated heterocycles. The van der Waals surface area contributed by atoms with Crippen LogP contribution in [0.5, 0.6) is 0 Å². The van der Waals surface area contributed by atoms with Crippen molar-refractivity contribution in [2.45, 2.75) is 297 Å². The Morgan fingerprint density at radius 3 is 0.795 bits per heavy atom. The first-order valence-electron chi connectivity index (χ1n) is 30.7. The molecule has 0 aliphatic heterocycles. The van der Waals surface area contributed by atoms with Crippen molar-refractivity contribution in [2.24, 2.45) is 0 Å². The van der Waals surface area contributed by atoms with Crippen LogP contribution in [0.4, 0.5) is 0 Å². The van der Waals surface area contributed by atoms with E-state index in [2.05, 4.69) is 118 Å². The minimum atomic E-state index is -0.798. The van der Waals surface area contributed by atoms with Gasteiger partial charge in [0.05, 0.1) is 0 Å². The maximum absolute atomic E-state index is 12.9. The van der Waals surface area contributed by atoms with Crippen molar-refractivity contribution in [3.05, 3.63) is 97.2 Å². The molecule has 0 fully saturated rings. The molecule has 418 valence electrons. The minimum absolute atomic E-state index is 0.0948. The van der Waals surface area contributed by atoms with Crippen LogP contribution in [0.15, 0.2) is 97.2 Å². The fourth-order valence-electron chi connectivity index (χ4n) is 8.37. The molecule has 0 aromatic carbocycles. The first-order valence-corrected chi connectivity index (χ1v) is 30.7. The second-order valence-electron chi connectivity index (χ2n) is 20.2. The van der Waals surface area contributed by atoms with Gasteiger partial charge in [0.25, 0.3) is 0 Å². The average molecular weight is 1020 g/mol. The summed E-state index contributed by atoms with van der Waals surface area (Å²) in [7, 11) is 0.